The Hall–Kier alpha value is -1.00. The lowest BCUT2D eigenvalue weighted by atomic mass is 10.2. The Kier molecular flexibility index (Phi) is 5.73. The molecule has 0 spiro atoms. The van der Waals surface area contributed by atoms with Crippen molar-refractivity contribution in [3.05, 3.63) is 41.9 Å². The minimum atomic E-state index is -0.181. The van der Waals surface area contributed by atoms with Gasteiger partial charge in [0.2, 0.25) is 0 Å². The fraction of sp³-hybridized carbons (Fsp3) is 0.467. The van der Waals surface area contributed by atoms with E-state index in [0.29, 0.717) is 0 Å². The van der Waals surface area contributed by atoms with Crippen LogP contribution in [0.4, 0.5) is 4.39 Å². The molecule has 0 radical (unpaired) electrons. The molecular weight excluding hydrogens is 261 g/mol. The molecule has 0 saturated carbocycles. The smallest absolute Gasteiger partial charge is 0.124 e. The number of thioether (sulfide) groups is 1. The van der Waals surface area contributed by atoms with Crippen LogP contribution < -0.4 is 5.32 Å². The van der Waals surface area contributed by atoms with E-state index < -0.39 is 0 Å². The second kappa shape index (κ2) is 7.56. The lowest BCUT2D eigenvalue weighted by molar-refractivity contribution is 0.220. The molecule has 0 aliphatic carbocycles. The van der Waals surface area contributed by atoms with E-state index in [4.69, 9.17) is 4.74 Å². The Morgan fingerprint density at radius 1 is 1.47 bits per heavy atom. The normalized spacial score (nSPS) is 16.0. The van der Waals surface area contributed by atoms with E-state index in [1.54, 1.807) is 23.9 Å². The molecule has 0 aromatic heterocycles. The monoisotopic (exact) mass is 281 g/mol. The molecule has 104 valence electrons. The summed E-state index contributed by atoms with van der Waals surface area (Å²) in [6.45, 7) is 3.90. The van der Waals surface area contributed by atoms with Gasteiger partial charge in [-0.2, -0.15) is 0 Å². The SMILES string of the molecule is CCCNC(CSc1cccc(F)c1)C1=CCCO1. The van der Waals surface area contributed by atoms with E-state index in [0.717, 1.165) is 42.4 Å². The Balaban J connectivity index is 1.92. The number of nitrogens with one attached hydrogen (secondary N) is 1. The van der Waals surface area contributed by atoms with Gasteiger partial charge in [-0.1, -0.05) is 13.0 Å². The van der Waals surface area contributed by atoms with Gasteiger partial charge in [0.05, 0.1) is 12.6 Å². The van der Waals surface area contributed by atoms with E-state index in [1.807, 2.05) is 6.07 Å². The molecular formula is C15H20FNOS. The van der Waals surface area contributed by atoms with Crippen molar-refractivity contribution in [3.63, 3.8) is 0 Å². The van der Waals surface area contributed by atoms with Crippen molar-refractivity contribution in [2.45, 2.75) is 30.7 Å². The molecule has 1 aliphatic rings. The molecule has 4 heteroatoms. The van der Waals surface area contributed by atoms with E-state index in [2.05, 4.69) is 18.3 Å². The van der Waals surface area contributed by atoms with Crippen LogP contribution in [0, 0.1) is 5.82 Å². The first kappa shape index (κ1) is 14.4. The zero-order chi connectivity index (χ0) is 13.5. The van der Waals surface area contributed by atoms with Crippen LogP contribution >= 0.6 is 11.8 Å². The number of ether oxygens (including phenoxy) is 1. The summed E-state index contributed by atoms with van der Waals surface area (Å²) in [6, 6.07) is 6.95. The van der Waals surface area contributed by atoms with Gasteiger partial charge in [0, 0.05) is 17.1 Å². The van der Waals surface area contributed by atoms with E-state index in [1.165, 1.54) is 6.07 Å². The van der Waals surface area contributed by atoms with E-state index in [-0.39, 0.29) is 11.9 Å². The van der Waals surface area contributed by atoms with Crippen LogP contribution in [0.3, 0.4) is 0 Å². The molecule has 1 aliphatic heterocycles. The van der Waals surface area contributed by atoms with Crippen molar-refractivity contribution in [1.82, 2.24) is 5.32 Å². The number of benzene rings is 1. The summed E-state index contributed by atoms with van der Waals surface area (Å²) in [5.74, 6) is 1.71. The highest BCUT2D eigenvalue weighted by Gasteiger charge is 2.18. The summed E-state index contributed by atoms with van der Waals surface area (Å²) >= 11 is 1.66. The largest absolute Gasteiger partial charge is 0.496 e. The van der Waals surface area contributed by atoms with Crippen molar-refractivity contribution in [1.29, 1.82) is 0 Å². The first-order valence-electron chi connectivity index (χ1n) is 6.74. The zero-order valence-corrected chi connectivity index (χ0v) is 12.0. The predicted molar refractivity (Wildman–Crippen MR) is 77.9 cm³/mol. The molecule has 2 nitrogen and oxygen atoms in total. The fourth-order valence-corrected chi connectivity index (χ4v) is 2.99. The standard InChI is InChI=1S/C15H20FNOS/c1-2-8-17-14(15-7-4-9-18-15)11-19-13-6-3-5-12(16)10-13/h3,5-7,10,14,17H,2,4,8-9,11H2,1H3. The molecule has 0 saturated heterocycles. The molecule has 1 atom stereocenters. The lowest BCUT2D eigenvalue weighted by Crippen LogP contribution is -2.34. The minimum Gasteiger partial charge on any atom is -0.496 e. The number of hydrogen-bond acceptors (Lipinski definition) is 3. The summed E-state index contributed by atoms with van der Waals surface area (Å²) in [5.41, 5.74) is 0. The number of halogens is 1. The first-order chi connectivity index (χ1) is 9.29. The summed E-state index contributed by atoms with van der Waals surface area (Å²) in [5, 5.41) is 3.49. The molecule has 1 aromatic carbocycles. The maximum Gasteiger partial charge on any atom is 0.124 e. The maximum absolute atomic E-state index is 13.1. The number of rotatable bonds is 7. The van der Waals surface area contributed by atoms with Crippen LogP contribution in [0.1, 0.15) is 19.8 Å². The van der Waals surface area contributed by atoms with Gasteiger partial charge >= 0.3 is 0 Å². The average Bonchev–Trinajstić information content (AvgIpc) is 2.93. The van der Waals surface area contributed by atoms with Gasteiger partial charge in [-0.25, -0.2) is 4.39 Å². The van der Waals surface area contributed by atoms with Crippen LogP contribution in [0.2, 0.25) is 0 Å². The fourth-order valence-electron chi connectivity index (χ4n) is 1.98. The van der Waals surface area contributed by atoms with Crippen LogP contribution in [-0.4, -0.2) is 24.9 Å². The maximum atomic E-state index is 13.1. The van der Waals surface area contributed by atoms with Gasteiger partial charge in [-0.3, -0.25) is 0 Å². The zero-order valence-electron chi connectivity index (χ0n) is 11.2. The second-order valence-electron chi connectivity index (χ2n) is 4.52. The third kappa shape index (κ3) is 4.55. The van der Waals surface area contributed by atoms with Crippen molar-refractivity contribution in [2.75, 3.05) is 18.9 Å². The molecule has 0 amide bonds. The summed E-state index contributed by atoms with van der Waals surface area (Å²) in [4.78, 5) is 0.960. The Morgan fingerprint density at radius 2 is 2.37 bits per heavy atom. The second-order valence-corrected chi connectivity index (χ2v) is 5.61. The van der Waals surface area contributed by atoms with Gasteiger partial charge in [-0.15, -0.1) is 11.8 Å². The van der Waals surface area contributed by atoms with Crippen LogP contribution in [-0.2, 0) is 4.74 Å². The Bertz CT molecular complexity index is 436. The quantitative estimate of drug-likeness (QED) is 0.772. The van der Waals surface area contributed by atoms with Gasteiger partial charge < -0.3 is 10.1 Å². The Labute approximate surface area is 118 Å². The minimum absolute atomic E-state index is 0.181. The Morgan fingerprint density at radius 3 is 3.05 bits per heavy atom. The van der Waals surface area contributed by atoms with E-state index >= 15 is 0 Å². The predicted octanol–water partition coefficient (Wildman–Crippen LogP) is 3.59. The van der Waals surface area contributed by atoms with E-state index in [9.17, 15) is 4.39 Å². The topological polar surface area (TPSA) is 21.3 Å². The third-order valence-corrected chi connectivity index (χ3v) is 4.02. The molecule has 2 rings (SSSR count). The third-order valence-electron chi connectivity index (χ3n) is 2.93. The molecule has 1 N–H and O–H groups in total. The lowest BCUT2D eigenvalue weighted by Gasteiger charge is -2.19. The molecule has 1 heterocycles. The van der Waals surface area contributed by atoms with Crippen molar-refractivity contribution in [2.24, 2.45) is 0 Å². The van der Waals surface area contributed by atoms with Crippen LogP contribution in [0.5, 0.6) is 0 Å². The summed E-state index contributed by atoms with van der Waals surface area (Å²) < 4.78 is 18.8. The van der Waals surface area contributed by atoms with Crippen LogP contribution in [0.15, 0.2) is 41.0 Å². The van der Waals surface area contributed by atoms with Crippen molar-refractivity contribution in [3.8, 4) is 0 Å². The average molecular weight is 281 g/mol. The van der Waals surface area contributed by atoms with Gasteiger partial charge in [0.15, 0.2) is 0 Å². The van der Waals surface area contributed by atoms with Crippen molar-refractivity contribution >= 4 is 11.8 Å². The highest BCUT2D eigenvalue weighted by atomic mass is 32.2. The van der Waals surface area contributed by atoms with Crippen molar-refractivity contribution < 1.29 is 9.13 Å². The highest BCUT2D eigenvalue weighted by molar-refractivity contribution is 7.99. The molecule has 0 fully saturated rings. The van der Waals surface area contributed by atoms with Gasteiger partial charge in [0.1, 0.15) is 11.6 Å². The molecule has 19 heavy (non-hydrogen) atoms. The first-order valence-corrected chi connectivity index (χ1v) is 7.72. The molecule has 1 aromatic rings. The molecule has 1 unspecified atom stereocenters. The summed E-state index contributed by atoms with van der Waals surface area (Å²) in [7, 11) is 0. The molecule has 0 bridgehead atoms. The van der Waals surface area contributed by atoms with Gasteiger partial charge in [-0.05, 0) is 37.2 Å². The number of hydrogen-bond donors (Lipinski definition) is 1. The highest BCUT2D eigenvalue weighted by Crippen LogP contribution is 2.23. The summed E-state index contributed by atoms with van der Waals surface area (Å²) in [6.07, 6.45) is 4.23. The van der Waals surface area contributed by atoms with Gasteiger partial charge in [0.25, 0.3) is 0 Å². The van der Waals surface area contributed by atoms with Crippen LogP contribution in [0.25, 0.3) is 0 Å².